The number of fused-ring (bicyclic) bond motifs is 1. The molecule has 0 spiro atoms. The minimum absolute atomic E-state index is 0.144. The Morgan fingerprint density at radius 2 is 1.85 bits per heavy atom. The van der Waals surface area contributed by atoms with E-state index in [0.717, 1.165) is 53.7 Å². The zero-order valence-electron chi connectivity index (χ0n) is 26.6. The molecule has 3 aromatic carbocycles. The second-order valence-electron chi connectivity index (χ2n) is 11.9. The molecule has 4 aromatic rings. The summed E-state index contributed by atoms with van der Waals surface area (Å²) in [5.74, 6) is -0.824. The van der Waals surface area contributed by atoms with Crippen LogP contribution in [0.3, 0.4) is 0 Å². The summed E-state index contributed by atoms with van der Waals surface area (Å²) in [5, 5.41) is 7.08. The van der Waals surface area contributed by atoms with Crippen LogP contribution in [0.15, 0.2) is 73.1 Å². The first-order valence-electron chi connectivity index (χ1n) is 15.5. The van der Waals surface area contributed by atoms with Gasteiger partial charge in [0.15, 0.2) is 0 Å². The van der Waals surface area contributed by atoms with Crippen LogP contribution in [0.1, 0.15) is 51.9 Å². The highest BCUT2D eigenvalue weighted by Gasteiger charge is 2.25. The zero-order valence-corrected chi connectivity index (χ0v) is 27.4. The summed E-state index contributed by atoms with van der Waals surface area (Å²) < 4.78 is 32.5. The number of aromatic nitrogens is 2. The fourth-order valence-corrected chi connectivity index (χ4v) is 6.37. The Labute approximate surface area is 270 Å². The maximum Gasteiger partial charge on any atom is 0.266 e. The average Bonchev–Trinajstić information content (AvgIpc) is 3.49. The molecule has 1 aliphatic rings. The SMILES string of the molecule is Cc1cccc(N(C)CCCC(=O)N2CCCc3c(-c4cnn(Cc5cccc(C(=O)NCCS(=O)(=O)O)c5)c4)cccc32)c1C. The van der Waals surface area contributed by atoms with Crippen molar-refractivity contribution in [2.45, 2.75) is 46.1 Å². The summed E-state index contributed by atoms with van der Waals surface area (Å²) in [7, 11) is -2.07. The van der Waals surface area contributed by atoms with Crippen LogP contribution in [0.2, 0.25) is 0 Å². The van der Waals surface area contributed by atoms with Gasteiger partial charge >= 0.3 is 0 Å². The fourth-order valence-electron chi connectivity index (χ4n) is 6.01. The van der Waals surface area contributed by atoms with E-state index in [1.54, 1.807) is 18.2 Å². The van der Waals surface area contributed by atoms with Crippen molar-refractivity contribution in [3.63, 3.8) is 0 Å². The Bertz CT molecular complexity index is 1830. The lowest BCUT2D eigenvalue weighted by Gasteiger charge is -2.31. The number of benzene rings is 3. The van der Waals surface area contributed by atoms with Crippen molar-refractivity contribution in [3.8, 4) is 11.1 Å². The maximum absolute atomic E-state index is 13.5. The highest BCUT2D eigenvalue weighted by molar-refractivity contribution is 7.85. The van der Waals surface area contributed by atoms with Crippen molar-refractivity contribution < 1.29 is 22.6 Å². The Balaban J connectivity index is 1.23. The number of aryl methyl sites for hydroxylation is 1. The van der Waals surface area contributed by atoms with Crippen molar-refractivity contribution in [1.29, 1.82) is 0 Å². The summed E-state index contributed by atoms with van der Waals surface area (Å²) in [6, 6.07) is 19.5. The van der Waals surface area contributed by atoms with Crippen LogP contribution in [0.5, 0.6) is 0 Å². The average molecular weight is 644 g/mol. The second-order valence-corrected chi connectivity index (χ2v) is 13.4. The molecule has 10 nitrogen and oxygen atoms in total. The topological polar surface area (TPSA) is 125 Å². The molecule has 0 fully saturated rings. The van der Waals surface area contributed by atoms with Crippen LogP contribution in [0.4, 0.5) is 11.4 Å². The van der Waals surface area contributed by atoms with Gasteiger partial charge in [0.05, 0.1) is 18.5 Å². The van der Waals surface area contributed by atoms with E-state index >= 15 is 0 Å². The summed E-state index contributed by atoms with van der Waals surface area (Å²) in [5.41, 5.74) is 9.11. The van der Waals surface area contributed by atoms with E-state index < -0.39 is 21.8 Å². The molecule has 0 bridgehead atoms. The van der Waals surface area contributed by atoms with Crippen molar-refractivity contribution in [3.05, 3.63) is 101 Å². The number of hydrogen-bond donors (Lipinski definition) is 2. The molecule has 0 saturated heterocycles. The quantitative estimate of drug-likeness (QED) is 0.208. The smallest absolute Gasteiger partial charge is 0.266 e. The molecular weight excluding hydrogens is 602 g/mol. The number of amides is 2. The van der Waals surface area contributed by atoms with E-state index in [2.05, 4.69) is 60.5 Å². The van der Waals surface area contributed by atoms with E-state index in [4.69, 9.17) is 4.55 Å². The van der Waals surface area contributed by atoms with Gasteiger partial charge in [0.25, 0.3) is 16.0 Å². The standard InChI is InChI=1S/C35H41N5O5S/c1-25-9-4-14-32(26(25)2)38(3)18-8-16-34(41)40-19-7-13-31-30(12-6-15-33(31)40)29-22-37-39(24-29)23-27-10-5-11-28(21-27)35(42)36-17-20-46(43,44)45/h4-6,9-12,14-15,21-22,24H,7-8,13,16-20,23H2,1-3H3,(H,36,42)(H,43,44,45). The molecular formula is C35H41N5O5S. The Morgan fingerprint density at radius 3 is 2.65 bits per heavy atom. The highest BCUT2D eigenvalue weighted by atomic mass is 32.2. The van der Waals surface area contributed by atoms with Crippen molar-refractivity contribution in [2.24, 2.45) is 0 Å². The molecule has 46 heavy (non-hydrogen) atoms. The van der Waals surface area contributed by atoms with Crippen molar-refractivity contribution in [2.75, 3.05) is 42.2 Å². The molecule has 5 rings (SSSR count). The maximum atomic E-state index is 13.5. The molecule has 242 valence electrons. The first kappa shape index (κ1) is 32.9. The molecule has 2 N–H and O–H groups in total. The summed E-state index contributed by atoms with van der Waals surface area (Å²) in [4.78, 5) is 30.1. The molecule has 0 atom stereocenters. The van der Waals surface area contributed by atoms with E-state index in [1.807, 2.05) is 40.2 Å². The molecule has 0 unspecified atom stereocenters. The second kappa shape index (κ2) is 14.3. The Hall–Kier alpha value is -4.48. The number of nitrogens with one attached hydrogen (secondary N) is 1. The molecule has 1 aromatic heterocycles. The largest absolute Gasteiger partial charge is 0.374 e. The van der Waals surface area contributed by atoms with Gasteiger partial charge in [-0.05, 0) is 85.2 Å². The first-order chi connectivity index (χ1) is 22.0. The number of nitrogens with zero attached hydrogens (tertiary/aromatic N) is 4. The van der Waals surface area contributed by atoms with Gasteiger partial charge in [-0.2, -0.15) is 13.5 Å². The van der Waals surface area contributed by atoms with Gasteiger partial charge in [0, 0.05) is 61.8 Å². The monoisotopic (exact) mass is 643 g/mol. The molecule has 0 aliphatic carbocycles. The minimum atomic E-state index is -4.15. The van der Waals surface area contributed by atoms with Crippen LogP contribution < -0.4 is 15.1 Å². The van der Waals surface area contributed by atoms with E-state index in [0.29, 0.717) is 25.1 Å². The predicted molar refractivity (Wildman–Crippen MR) is 181 cm³/mol. The minimum Gasteiger partial charge on any atom is -0.374 e. The lowest BCUT2D eigenvalue weighted by molar-refractivity contribution is -0.118. The number of carbonyl (C=O) groups is 2. The number of carbonyl (C=O) groups excluding carboxylic acids is 2. The highest BCUT2D eigenvalue weighted by Crippen LogP contribution is 2.36. The zero-order chi connectivity index (χ0) is 32.8. The lowest BCUT2D eigenvalue weighted by Crippen LogP contribution is -2.36. The van der Waals surface area contributed by atoms with E-state index in [-0.39, 0.29) is 12.5 Å². The van der Waals surface area contributed by atoms with E-state index in [9.17, 15) is 18.0 Å². The van der Waals surface area contributed by atoms with Crippen molar-refractivity contribution in [1.82, 2.24) is 15.1 Å². The molecule has 11 heteroatoms. The Morgan fingerprint density at radius 1 is 1.07 bits per heavy atom. The van der Waals surface area contributed by atoms with Crippen LogP contribution in [-0.4, -0.2) is 67.0 Å². The van der Waals surface area contributed by atoms with Crippen molar-refractivity contribution >= 4 is 33.3 Å². The van der Waals surface area contributed by atoms with Gasteiger partial charge in [0.2, 0.25) is 5.91 Å². The molecule has 0 radical (unpaired) electrons. The Kier molecular flexibility index (Phi) is 10.2. The summed E-state index contributed by atoms with van der Waals surface area (Å²) in [6.45, 7) is 6.02. The number of anilines is 2. The third-order valence-corrected chi connectivity index (χ3v) is 9.27. The number of rotatable bonds is 12. The first-order valence-corrected chi connectivity index (χ1v) is 17.2. The molecule has 2 heterocycles. The predicted octanol–water partition coefficient (Wildman–Crippen LogP) is 5.03. The fraction of sp³-hybridized carbons (Fsp3) is 0.343. The van der Waals surface area contributed by atoms with Gasteiger partial charge in [-0.25, -0.2) is 0 Å². The van der Waals surface area contributed by atoms with Gasteiger partial charge < -0.3 is 15.1 Å². The summed E-state index contributed by atoms with van der Waals surface area (Å²) in [6.07, 6.45) is 6.82. The van der Waals surface area contributed by atoms with E-state index in [1.165, 1.54) is 16.8 Å². The third kappa shape index (κ3) is 8.02. The van der Waals surface area contributed by atoms with Gasteiger partial charge in [-0.15, -0.1) is 0 Å². The van der Waals surface area contributed by atoms with Crippen LogP contribution in [-0.2, 0) is 27.9 Å². The normalized spacial score (nSPS) is 12.9. The van der Waals surface area contributed by atoms with Crippen LogP contribution in [0.25, 0.3) is 11.1 Å². The van der Waals surface area contributed by atoms with Gasteiger partial charge in [-0.3, -0.25) is 18.8 Å². The third-order valence-electron chi connectivity index (χ3n) is 8.55. The number of hydrogen-bond acceptors (Lipinski definition) is 6. The molecule has 0 saturated carbocycles. The van der Waals surface area contributed by atoms with Crippen LogP contribution >= 0.6 is 0 Å². The van der Waals surface area contributed by atoms with Crippen LogP contribution in [0, 0.1) is 13.8 Å². The molecule has 1 aliphatic heterocycles. The van der Waals surface area contributed by atoms with Gasteiger partial charge in [0.1, 0.15) is 0 Å². The summed E-state index contributed by atoms with van der Waals surface area (Å²) >= 11 is 0. The lowest BCUT2D eigenvalue weighted by atomic mass is 9.93. The molecule has 2 amide bonds. The van der Waals surface area contributed by atoms with Gasteiger partial charge in [-0.1, -0.05) is 36.4 Å².